The molecule has 0 aliphatic heterocycles. The van der Waals surface area contributed by atoms with Crippen LogP contribution < -0.4 is 10.6 Å². The van der Waals surface area contributed by atoms with Crippen LogP contribution >= 0.6 is 0 Å². The van der Waals surface area contributed by atoms with Crippen LogP contribution in [0.1, 0.15) is 19.4 Å². The molecule has 0 saturated heterocycles. The van der Waals surface area contributed by atoms with E-state index in [9.17, 15) is 4.79 Å². The van der Waals surface area contributed by atoms with Gasteiger partial charge in [-0.1, -0.05) is 19.9 Å². The van der Waals surface area contributed by atoms with Gasteiger partial charge in [0, 0.05) is 26.0 Å². The number of urea groups is 1. The number of nitrogens with zero attached hydrogens (tertiary/aromatic N) is 1. The SMILES string of the molecule is CC.CNC(=O)NCc1cccnc1. The highest BCUT2D eigenvalue weighted by atomic mass is 16.2. The number of amides is 2. The van der Waals surface area contributed by atoms with Crippen LogP contribution in [0, 0.1) is 0 Å². The summed E-state index contributed by atoms with van der Waals surface area (Å²) in [6.07, 6.45) is 3.42. The third-order valence-corrected chi connectivity index (χ3v) is 1.40. The second-order valence-corrected chi connectivity index (χ2v) is 2.29. The van der Waals surface area contributed by atoms with Gasteiger partial charge >= 0.3 is 6.03 Å². The molecule has 0 saturated carbocycles. The summed E-state index contributed by atoms with van der Waals surface area (Å²) >= 11 is 0. The van der Waals surface area contributed by atoms with Gasteiger partial charge in [0.05, 0.1) is 0 Å². The molecule has 0 unspecified atom stereocenters. The lowest BCUT2D eigenvalue weighted by Crippen LogP contribution is -2.32. The van der Waals surface area contributed by atoms with E-state index in [1.165, 1.54) is 0 Å². The second kappa shape index (κ2) is 8.04. The predicted octanol–water partition coefficient (Wildman–Crippen LogP) is 1.54. The maximum atomic E-state index is 10.7. The van der Waals surface area contributed by atoms with Gasteiger partial charge in [-0.25, -0.2) is 4.79 Å². The van der Waals surface area contributed by atoms with Crippen molar-refractivity contribution in [2.45, 2.75) is 20.4 Å². The second-order valence-electron chi connectivity index (χ2n) is 2.29. The zero-order chi connectivity index (χ0) is 10.8. The van der Waals surface area contributed by atoms with Gasteiger partial charge in [0.2, 0.25) is 0 Å². The van der Waals surface area contributed by atoms with Gasteiger partial charge in [-0.05, 0) is 11.6 Å². The van der Waals surface area contributed by atoms with Crippen LogP contribution in [0.4, 0.5) is 4.79 Å². The van der Waals surface area contributed by atoms with Crippen LogP contribution in [0.5, 0.6) is 0 Å². The van der Waals surface area contributed by atoms with Crippen LogP contribution in [0.3, 0.4) is 0 Å². The smallest absolute Gasteiger partial charge is 0.314 e. The summed E-state index contributed by atoms with van der Waals surface area (Å²) in [6, 6.07) is 3.56. The molecule has 2 N–H and O–H groups in total. The molecule has 0 aliphatic carbocycles. The van der Waals surface area contributed by atoms with Crippen LogP contribution in [-0.4, -0.2) is 18.1 Å². The Labute approximate surface area is 84.7 Å². The number of carbonyl (C=O) groups is 1. The van der Waals surface area contributed by atoms with Crippen molar-refractivity contribution in [1.29, 1.82) is 0 Å². The average Bonchev–Trinajstić information content (AvgIpc) is 2.30. The monoisotopic (exact) mass is 195 g/mol. The number of rotatable bonds is 2. The van der Waals surface area contributed by atoms with Crippen molar-refractivity contribution in [3.8, 4) is 0 Å². The van der Waals surface area contributed by atoms with Gasteiger partial charge in [0.15, 0.2) is 0 Å². The van der Waals surface area contributed by atoms with Crippen molar-refractivity contribution >= 4 is 6.03 Å². The molecule has 0 aromatic carbocycles. The summed E-state index contributed by atoms with van der Waals surface area (Å²) in [4.78, 5) is 14.7. The van der Waals surface area contributed by atoms with E-state index >= 15 is 0 Å². The zero-order valence-electron chi connectivity index (χ0n) is 8.87. The first kappa shape index (κ1) is 12.4. The molecule has 0 aliphatic rings. The highest BCUT2D eigenvalue weighted by Gasteiger charge is 1.95. The van der Waals surface area contributed by atoms with Gasteiger partial charge in [-0.3, -0.25) is 4.98 Å². The zero-order valence-corrected chi connectivity index (χ0v) is 8.87. The van der Waals surface area contributed by atoms with E-state index in [-0.39, 0.29) is 6.03 Å². The standard InChI is InChI=1S/C8H11N3O.C2H6/c1-9-8(12)11-6-7-3-2-4-10-5-7;1-2/h2-5H,6H2,1H3,(H2,9,11,12);1-2H3. The summed E-state index contributed by atoms with van der Waals surface area (Å²) in [7, 11) is 1.58. The highest BCUT2D eigenvalue weighted by molar-refractivity contribution is 5.73. The number of pyridine rings is 1. The molecular formula is C10H17N3O. The van der Waals surface area contributed by atoms with Crippen molar-refractivity contribution in [1.82, 2.24) is 15.6 Å². The molecule has 0 atom stereocenters. The summed E-state index contributed by atoms with van der Waals surface area (Å²) in [5.41, 5.74) is 0.987. The third-order valence-electron chi connectivity index (χ3n) is 1.40. The lowest BCUT2D eigenvalue weighted by Gasteiger charge is -2.02. The molecule has 1 rings (SSSR count). The minimum absolute atomic E-state index is 0.182. The van der Waals surface area contributed by atoms with Crippen molar-refractivity contribution < 1.29 is 4.79 Å². The summed E-state index contributed by atoms with van der Waals surface area (Å²) in [5, 5.41) is 5.12. The van der Waals surface area contributed by atoms with Crippen LogP contribution in [0.2, 0.25) is 0 Å². The Morgan fingerprint density at radius 1 is 1.50 bits per heavy atom. The molecule has 0 bridgehead atoms. The summed E-state index contributed by atoms with van der Waals surface area (Å²) in [6.45, 7) is 4.51. The van der Waals surface area contributed by atoms with Gasteiger partial charge in [-0.15, -0.1) is 0 Å². The number of nitrogens with one attached hydrogen (secondary N) is 2. The van der Waals surface area contributed by atoms with Crippen LogP contribution in [-0.2, 0) is 6.54 Å². The molecule has 1 aromatic rings. The number of carbonyl (C=O) groups excluding carboxylic acids is 1. The van der Waals surface area contributed by atoms with E-state index in [2.05, 4.69) is 15.6 Å². The average molecular weight is 195 g/mol. The van der Waals surface area contributed by atoms with Crippen molar-refractivity contribution in [3.05, 3.63) is 30.1 Å². The molecule has 0 spiro atoms. The predicted molar refractivity (Wildman–Crippen MR) is 56.9 cm³/mol. The Hall–Kier alpha value is -1.58. The molecule has 2 amide bonds. The Morgan fingerprint density at radius 3 is 2.71 bits per heavy atom. The van der Waals surface area contributed by atoms with E-state index in [1.807, 2.05) is 26.0 Å². The molecule has 0 radical (unpaired) electrons. The van der Waals surface area contributed by atoms with E-state index in [1.54, 1.807) is 19.4 Å². The van der Waals surface area contributed by atoms with Crippen LogP contribution in [0.15, 0.2) is 24.5 Å². The largest absolute Gasteiger partial charge is 0.341 e. The molecule has 0 fully saturated rings. The fourth-order valence-corrected chi connectivity index (χ4v) is 0.773. The molecule has 4 heteroatoms. The van der Waals surface area contributed by atoms with E-state index in [0.717, 1.165) is 5.56 Å². The molecule has 1 heterocycles. The normalized spacial score (nSPS) is 8.21. The minimum atomic E-state index is -0.182. The van der Waals surface area contributed by atoms with Crippen LogP contribution in [0.25, 0.3) is 0 Å². The van der Waals surface area contributed by atoms with Crippen molar-refractivity contribution in [2.24, 2.45) is 0 Å². The first-order valence-corrected chi connectivity index (χ1v) is 4.67. The molecule has 14 heavy (non-hydrogen) atoms. The minimum Gasteiger partial charge on any atom is -0.341 e. The van der Waals surface area contributed by atoms with Crippen molar-refractivity contribution in [3.63, 3.8) is 0 Å². The highest BCUT2D eigenvalue weighted by Crippen LogP contribution is 1.93. The number of hydrogen-bond donors (Lipinski definition) is 2. The Bertz CT molecular complexity index is 249. The summed E-state index contributed by atoms with van der Waals surface area (Å²) in [5.74, 6) is 0. The van der Waals surface area contributed by atoms with E-state index in [0.29, 0.717) is 6.54 Å². The Morgan fingerprint density at radius 2 is 2.21 bits per heavy atom. The fraction of sp³-hybridized carbons (Fsp3) is 0.400. The lowest BCUT2D eigenvalue weighted by molar-refractivity contribution is 0.242. The first-order valence-electron chi connectivity index (χ1n) is 4.67. The van der Waals surface area contributed by atoms with Gasteiger partial charge in [-0.2, -0.15) is 0 Å². The quantitative estimate of drug-likeness (QED) is 0.752. The van der Waals surface area contributed by atoms with E-state index < -0.39 is 0 Å². The van der Waals surface area contributed by atoms with Gasteiger partial charge in [0.1, 0.15) is 0 Å². The molecule has 4 nitrogen and oxygen atoms in total. The van der Waals surface area contributed by atoms with Gasteiger partial charge < -0.3 is 10.6 Å². The Balaban J connectivity index is 0.000000791. The molecular weight excluding hydrogens is 178 g/mol. The van der Waals surface area contributed by atoms with E-state index in [4.69, 9.17) is 0 Å². The maximum absolute atomic E-state index is 10.7. The first-order chi connectivity index (χ1) is 6.83. The molecule has 1 aromatic heterocycles. The molecule has 78 valence electrons. The number of aromatic nitrogens is 1. The fourth-order valence-electron chi connectivity index (χ4n) is 0.773. The maximum Gasteiger partial charge on any atom is 0.314 e. The topological polar surface area (TPSA) is 54.0 Å². The third kappa shape index (κ3) is 5.13. The number of hydrogen-bond acceptors (Lipinski definition) is 2. The lowest BCUT2D eigenvalue weighted by atomic mass is 10.3. The van der Waals surface area contributed by atoms with Crippen molar-refractivity contribution in [2.75, 3.05) is 7.05 Å². The summed E-state index contributed by atoms with van der Waals surface area (Å²) < 4.78 is 0. The van der Waals surface area contributed by atoms with Gasteiger partial charge in [0.25, 0.3) is 0 Å². The Kier molecular flexibility index (Phi) is 7.13.